The summed E-state index contributed by atoms with van der Waals surface area (Å²) in [5.41, 5.74) is 2.55. The Kier molecular flexibility index (Phi) is 4.03. The van der Waals surface area contributed by atoms with Crippen molar-refractivity contribution >= 4 is 0 Å². The van der Waals surface area contributed by atoms with Crippen LogP contribution in [0.4, 0.5) is 0 Å². The third-order valence-corrected chi connectivity index (χ3v) is 3.56. The normalized spacial score (nSPS) is 15.8. The first-order valence-electron chi connectivity index (χ1n) is 7.42. The van der Waals surface area contributed by atoms with Gasteiger partial charge in [-0.05, 0) is 42.6 Å². The predicted octanol–water partition coefficient (Wildman–Crippen LogP) is 3.93. The maximum absolute atomic E-state index is 5.90. The zero-order valence-electron chi connectivity index (χ0n) is 11.9. The highest BCUT2D eigenvalue weighted by Crippen LogP contribution is 2.29. The van der Waals surface area contributed by atoms with Gasteiger partial charge in [0.1, 0.15) is 5.75 Å². The molecule has 1 saturated carbocycles. The molecule has 2 nitrogen and oxygen atoms in total. The van der Waals surface area contributed by atoms with E-state index in [-0.39, 0.29) is 6.04 Å². The molecule has 104 valence electrons. The first-order valence-corrected chi connectivity index (χ1v) is 7.42. The van der Waals surface area contributed by atoms with E-state index in [0.717, 1.165) is 12.3 Å². The fraction of sp³-hybridized carbons (Fsp3) is 0.333. The van der Waals surface area contributed by atoms with Gasteiger partial charge in [0.15, 0.2) is 0 Å². The van der Waals surface area contributed by atoms with Crippen molar-refractivity contribution in [3.05, 3.63) is 65.7 Å². The van der Waals surface area contributed by atoms with Crippen molar-refractivity contribution in [2.24, 2.45) is 0 Å². The van der Waals surface area contributed by atoms with Gasteiger partial charge in [0, 0.05) is 0 Å². The van der Waals surface area contributed by atoms with Crippen LogP contribution in [0, 0.1) is 0 Å². The van der Waals surface area contributed by atoms with E-state index in [0.29, 0.717) is 6.10 Å². The molecule has 2 heteroatoms. The average molecular weight is 267 g/mol. The smallest absolute Gasteiger partial charge is 0.120 e. The van der Waals surface area contributed by atoms with Crippen LogP contribution in [0.2, 0.25) is 0 Å². The fourth-order valence-corrected chi connectivity index (χ4v) is 2.42. The van der Waals surface area contributed by atoms with Gasteiger partial charge in [0.2, 0.25) is 0 Å². The summed E-state index contributed by atoms with van der Waals surface area (Å²) in [6, 6.07) is 19.3. The van der Waals surface area contributed by atoms with Gasteiger partial charge < -0.3 is 10.1 Å². The SMILES string of the molecule is CCNC(c1ccccc1)c1cccc(OC2CC2)c1. The Hall–Kier alpha value is -1.80. The van der Waals surface area contributed by atoms with Crippen molar-refractivity contribution in [2.45, 2.75) is 31.9 Å². The summed E-state index contributed by atoms with van der Waals surface area (Å²) in [6.45, 7) is 3.08. The monoisotopic (exact) mass is 267 g/mol. The molecular formula is C18H21NO. The number of rotatable bonds is 6. The Bertz CT molecular complexity index is 548. The van der Waals surface area contributed by atoms with Crippen LogP contribution in [0.5, 0.6) is 5.75 Å². The first-order chi connectivity index (χ1) is 9.86. The molecule has 0 spiro atoms. The van der Waals surface area contributed by atoms with Gasteiger partial charge in [-0.3, -0.25) is 0 Å². The molecular weight excluding hydrogens is 246 g/mol. The molecule has 1 unspecified atom stereocenters. The van der Waals surface area contributed by atoms with Crippen molar-refractivity contribution in [2.75, 3.05) is 6.54 Å². The second-order valence-corrected chi connectivity index (χ2v) is 5.29. The summed E-state index contributed by atoms with van der Waals surface area (Å²) >= 11 is 0. The van der Waals surface area contributed by atoms with E-state index in [2.05, 4.69) is 66.8 Å². The minimum absolute atomic E-state index is 0.226. The predicted molar refractivity (Wildman–Crippen MR) is 82.1 cm³/mol. The maximum Gasteiger partial charge on any atom is 0.120 e. The average Bonchev–Trinajstić information content (AvgIpc) is 3.30. The minimum atomic E-state index is 0.226. The molecule has 0 aromatic heterocycles. The quantitative estimate of drug-likeness (QED) is 0.856. The molecule has 1 atom stereocenters. The maximum atomic E-state index is 5.90. The van der Waals surface area contributed by atoms with E-state index in [1.54, 1.807) is 0 Å². The van der Waals surface area contributed by atoms with E-state index in [1.807, 2.05) is 0 Å². The lowest BCUT2D eigenvalue weighted by Gasteiger charge is -2.19. The minimum Gasteiger partial charge on any atom is -0.490 e. The van der Waals surface area contributed by atoms with Crippen LogP contribution in [0.3, 0.4) is 0 Å². The Morgan fingerprint density at radius 3 is 2.50 bits per heavy atom. The molecule has 20 heavy (non-hydrogen) atoms. The molecule has 0 bridgehead atoms. The van der Waals surface area contributed by atoms with Crippen molar-refractivity contribution in [1.29, 1.82) is 0 Å². The summed E-state index contributed by atoms with van der Waals surface area (Å²) in [6.07, 6.45) is 2.83. The summed E-state index contributed by atoms with van der Waals surface area (Å²) in [4.78, 5) is 0. The molecule has 0 heterocycles. The summed E-state index contributed by atoms with van der Waals surface area (Å²) in [5.74, 6) is 0.990. The first kappa shape index (κ1) is 13.2. The topological polar surface area (TPSA) is 21.3 Å². The van der Waals surface area contributed by atoms with Crippen molar-refractivity contribution < 1.29 is 4.74 Å². The van der Waals surface area contributed by atoms with E-state index in [9.17, 15) is 0 Å². The molecule has 2 aromatic carbocycles. The highest BCUT2D eigenvalue weighted by Gasteiger charge is 2.23. The lowest BCUT2D eigenvalue weighted by Crippen LogP contribution is -2.21. The molecule has 1 fully saturated rings. The highest BCUT2D eigenvalue weighted by molar-refractivity contribution is 5.37. The molecule has 0 aliphatic heterocycles. The number of hydrogen-bond acceptors (Lipinski definition) is 2. The summed E-state index contributed by atoms with van der Waals surface area (Å²) < 4.78 is 5.90. The fourth-order valence-electron chi connectivity index (χ4n) is 2.42. The molecule has 0 amide bonds. The largest absolute Gasteiger partial charge is 0.490 e. The molecule has 1 aliphatic carbocycles. The second kappa shape index (κ2) is 6.10. The van der Waals surface area contributed by atoms with Crippen molar-refractivity contribution in [3.8, 4) is 5.75 Å². The zero-order chi connectivity index (χ0) is 13.8. The zero-order valence-corrected chi connectivity index (χ0v) is 11.9. The van der Waals surface area contributed by atoms with E-state index < -0.39 is 0 Å². The molecule has 0 radical (unpaired) electrons. The van der Waals surface area contributed by atoms with Gasteiger partial charge in [-0.1, -0.05) is 49.4 Å². The second-order valence-electron chi connectivity index (χ2n) is 5.29. The van der Waals surface area contributed by atoms with Crippen LogP contribution in [-0.2, 0) is 0 Å². The molecule has 2 aromatic rings. The van der Waals surface area contributed by atoms with Crippen LogP contribution in [-0.4, -0.2) is 12.6 Å². The number of nitrogens with one attached hydrogen (secondary N) is 1. The van der Waals surface area contributed by atoms with Crippen LogP contribution in [0.1, 0.15) is 36.9 Å². The number of benzene rings is 2. The van der Waals surface area contributed by atoms with Gasteiger partial charge in [-0.2, -0.15) is 0 Å². The van der Waals surface area contributed by atoms with Crippen LogP contribution in [0.15, 0.2) is 54.6 Å². The lowest BCUT2D eigenvalue weighted by molar-refractivity contribution is 0.302. The number of ether oxygens (including phenoxy) is 1. The molecule has 1 N–H and O–H groups in total. The lowest BCUT2D eigenvalue weighted by atomic mass is 9.98. The van der Waals surface area contributed by atoms with Gasteiger partial charge in [0.25, 0.3) is 0 Å². The highest BCUT2D eigenvalue weighted by atomic mass is 16.5. The Morgan fingerprint density at radius 2 is 1.80 bits per heavy atom. The summed E-state index contributed by atoms with van der Waals surface area (Å²) in [5, 5.41) is 3.56. The standard InChI is InChI=1S/C18H21NO/c1-2-19-18(14-7-4-3-5-8-14)15-9-6-10-17(13-15)20-16-11-12-16/h3-10,13,16,18-19H,2,11-12H2,1H3. The van der Waals surface area contributed by atoms with Crippen molar-refractivity contribution in [3.63, 3.8) is 0 Å². The van der Waals surface area contributed by atoms with E-state index in [1.165, 1.54) is 24.0 Å². The Morgan fingerprint density at radius 1 is 1.05 bits per heavy atom. The Labute approximate surface area is 120 Å². The van der Waals surface area contributed by atoms with Gasteiger partial charge in [-0.25, -0.2) is 0 Å². The van der Waals surface area contributed by atoms with Crippen LogP contribution >= 0.6 is 0 Å². The molecule has 3 rings (SSSR count). The van der Waals surface area contributed by atoms with E-state index in [4.69, 9.17) is 4.74 Å². The molecule has 0 saturated heterocycles. The van der Waals surface area contributed by atoms with Crippen molar-refractivity contribution in [1.82, 2.24) is 5.32 Å². The number of hydrogen-bond donors (Lipinski definition) is 1. The Balaban J connectivity index is 1.86. The van der Waals surface area contributed by atoms with Crippen LogP contribution < -0.4 is 10.1 Å². The van der Waals surface area contributed by atoms with Gasteiger partial charge in [0.05, 0.1) is 12.1 Å². The van der Waals surface area contributed by atoms with Crippen LogP contribution in [0.25, 0.3) is 0 Å². The van der Waals surface area contributed by atoms with Gasteiger partial charge >= 0.3 is 0 Å². The van der Waals surface area contributed by atoms with Gasteiger partial charge in [-0.15, -0.1) is 0 Å². The molecule has 1 aliphatic rings. The third-order valence-electron chi connectivity index (χ3n) is 3.56. The van der Waals surface area contributed by atoms with E-state index >= 15 is 0 Å². The third kappa shape index (κ3) is 3.20. The summed E-state index contributed by atoms with van der Waals surface area (Å²) in [7, 11) is 0.